The maximum absolute atomic E-state index is 12.9. The smallest absolute Gasteiger partial charge is 0.240 e. The highest BCUT2D eigenvalue weighted by Gasteiger charge is 2.30. The van der Waals surface area contributed by atoms with Gasteiger partial charge in [0.15, 0.2) is 15.7 Å². The number of hydroxylamine groups is 1. The zero-order valence-corrected chi connectivity index (χ0v) is 19.3. The van der Waals surface area contributed by atoms with Crippen molar-refractivity contribution in [1.29, 1.82) is 0 Å². The van der Waals surface area contributed by atoms with E-state index in [1.165, 1.54) is 0 Å². The average molecular weight is 481 g/mol. The molecule has 0 aliphatic carbocycles. The third-order valence-corrected chi connectivity index (χ3v) is 7.69. The highest BCUT2D eigenvalue weighted by Crippen LogP contribution is 2.31. The maximum atomic E-state index is 12.9. The van der Waals surface area contributed by atoms with Gasteiger partial charge in [0.1, 0.15) is 10.7 Å². The standard InChI is InChI=1S/C24H21ClN4O3S/c1-15-26-22(29-32-15)13-17-9-7-16(8-10-17)12-21-23-20(6-3-11-33(23,30)31)27-24(28-21)18-4-2-5-19(25)14-18/h2,4-5,7-10,14H,1,3,6,11-13H2,(H,26,29). The third kappa shape index (κ3) is 4.62. The third-order valence-electron chi connectivity index (χ3n) is 5.54. The number of benzene rings is 2. The molecule has 1 N–H and O–H groups in total. The number of halogens is 1. The number of hydrogen-bond acceptors (Lipinski definition) is 7. The van der Waals surface area contributed by atoms with E-state index in [0.717, 1.165) is 16.7 Å². The second-order valence-corrected chi connectivity index (χ2v) is 10.5. The van der Waals surface area contributed by atoms with Crippen LogP contribution in [0.25, 0.3) is 11.4 Å². The number of sulfone groups is 1. The van der Waals surface area contributed by atoms with Crippen molar-refractivity contribution >= 4 is 27.3 Å². The van der Waals surface area contributed by atoms with Crippen LogP contribution in [0, 0.1) is 0 Å². The Balaban J connectivity index is 1.49. The summed E-state index contributed by atoms with van der Waals surface area (Å²) in [5, 5.41) is 0.578. The van der Waals surface area contributed by atoms with Crippen LogP contribution in [0.1, 0.15) is 28.9 Å². The zero-order valence-electron chi connectivity index (χ0n) is 17.7. The number of aryl methyl sites for hydroxylation is 1. The zero-order chi connectivity index (χ0) is 23.0. The Morgan fingerprint density at radius 1 is 1.06 bits per heavy atom. The summed E-state index contributed by atoms with van der Waals surface area (Å²) in [4.78, 5) is 18.8. The van der Waals surface area contributed by atoms with Crippen LogP contribution < -0.4 is 5.48 Å². The van der Waals surface area contributed by atoms with Gasteiger partial charge in [-0.3, -0.25) is 0 Å². The van der Waals surface area contributed by atoms with E-state index in [4.69, 9.17) is 21.4 Å². The number of nitrogens with one attached hydrogen (secondary N) is 1. The number of aliphatic imine (C=N–C) groups is 1. The van der Waals surface area contributed by atoms with Crippen molar-refractivity contribution in [2.75, 3.05) is 5.75 Å². The Morgan fingerprint density at radius 2 is 1.82 bits per heavy atom. The van der Waals surface area contributed by atoms with E-state index in [9.17, 15) is 8.42 Å². The molecule has 7 nitrogen and oxygen atoms in total. The summed E-state index contributed by atoms with van der Waals surface area (Å²) >= 11 is 6.16. The van der Waals surface area contributed by atoms with Gasteiger partial charge < -0.3 is 4.84 Å². The Bertz CT molecular complexity index is 1390. The number of amidine groups is 1. The van der Waals surface area contributed by atoms with Gasteiger partial charge in [-0.15, -0.1) is 0 Å². The highest BCUT2D eigenvalue weighted by molar-refractivity contribution is 7.91. The molecule has 0 unspecified atom stereocenters. The second kappa shape index (κ2) is 8.61. The molecule has 0 atom stereocenters. The molecule has 3 heterocycles. The predicted octanol–water partition coefficient (Wildman–Crippen LogP) is 4.05. The van der Waals surface area contributed by atoms with Gasteiger partial charge in [0.2, 0.25) is 5.88 Å². The van der Waals surface area contributed by atoms with E-state index in [1.54, 1.807) is 12.1 Å². The molecular weight excluding hydrogens is 460 g/mol. The van der Waals surface area contributed by atoms with Crippen molar-refractivity contribution in [3.8, 4) is 11.4 Å². The number of hydrogen-bond donors (Lipinski definition) is 1. The lowest BCUT2D eigenvalue weighted by molar-refractivity contribution is 0.178. The molecule has 9 heteroatoms. The lowest BCUT2D eigenvalue weighted by Gasteiger charge is -2.20. The normalized spacial score (nSPS) is 16.5. The van der Waals surface area contributed by atoms with Crippen LogP contribution in [-0.4, -0.2) is 30.0 Å². The lowest BCUT2D eigenvalue weighted by Crippen LogP contribution is -2.21. The Hall–Kier alpha value is -3.23. The van der Waals surface area contributed by atoms with Gasteiger partial charge in [-0.2, -0.15) is 4.99 Å². The summed E-state index contributed by atoms with van der Waals surface area (Å²) in [6, 6.07) is 15.2. The van der Waals surface area contributed by atoms with E-state index >= 15 is 0 Å². The van der Waals surface area contributed by atoms with Crippen molar-refractivity contribution in [2.24, 2.45) is 4.99 Å². The number of rotatable bonds is 5. The van der Waals surface area contributed by atoms with E-state index in [0.29, 0.717) is 59.6 Å². The van der Waals surface area contributed by atoms with Crippen molar-refractivity contribution < 1.29 is 13.3 Å². The van der Waals surface area contributed by atoms with Crippen molar-refractivity contribution in [2.45, 2.75) is 30.6 Å². The maximum Gasteiger partial charge on any atom is 0.240 e. The van der Waals surface area contributed by atoms with Gasteiger partial charge in [-0.25, -0.2) is 23.9 Å². The van der Waals surface area contributed by atoms with Crippen LogP contribution in [0.3, 0.4) is 0 Å². The quantitative estimate of drug-likeness (QED) is 0.592. The van der Waals surface area contributed by atoms with E-state index in [-0.39, 0.29) is 10.6 Å². The Kier molecular flexibility index (Phi) is 5.64. The largest absolute Gasteiger partial charge is 0.361 e. The summed E-state index contributed by atoms with van der Waals surface area (Å²) < 4.78 is 25.8. The van der Waals surface area contributed by atoms with E-state index in [1.807, 2.05) is 36.4 Å². The van der Waals surface area contributed by atoms with Crippen LogP contribution in [-0.2, 0) is 33.9 Å². The Labute approximate surface area is 197 Å². The van der Waals surface area contributed by atoms with Crippen LogP contribution in [0.5, 0.6) is 0 Å². The highest BCUT2D eigenvalue weighted by atomic mass is 35.5. The molecule has 2 aliphatic heterocycles. The molecule has 0 amide bonds. The van der Waals surface area contributed by atoms with Crippen LogP contribution in [0.4, 0.5) is 0 Å². The molecule has 5 rings (SSSR count). The first-order valence-electron chi connectivity index (χ1n) is 10.5. The molecule has 0 spiro atoms. The number of nitrogens with zero attached hydrogens (tertiary/aromatic N) is 3. The summed E-state index contributed by atoms with van der Waals surface area (Å²) in [6.07, 6.45) is 2.13. The molecule has 1 aromatic heterocycles. The average Bonchev–Trinajstić information content (AvgIpc) is 3.19. The van der Waals surface area contributed by atoms with Gasteiger partial charge in [0.05, 0.1) is 17.1 Å². The molecule has 0 radical (unpaired) electrons. The molecule has 168 valence electrons. The number of fused-ring (bicyclic) bond motifs is 1. The summed E-state index contributed by atoms with van der Waals surface area (Å²) in [5.41, 5.74) is 6.61. The topological polar surface area (TPSA) is 93.5 Å². The summed E-state index contributed by atoms with van der Waals surface area (Å²) in [6.45, 7) is 3.65. The van der Waals surface area contributed by atoms with Crippen molar-refractivity contribution in [1.82, 2.24) is 15.4 Å². The molecule has 3 aromatic rings. The first kappa shape index (κ1) is 21.6. The first-order chi connectivity index (χ1) is 15.9. The fraction of sp³-hybridized carbons (Fsp3) is 0.208. The minimum atomic E-state index is -3.43. The lowest BCUT2D eigenvalue weighted by atomic mass is 10.0. The second-order valence-electron chi connectivity index (χ2n) is 8.03. The molecule has 0 fully saturated rings. The molecule has 2 aromatic carbocycles. The van der Waals surface area contributed by atoms with Gasteiger partial charge in [0.25, 0.3) is 0 Å². The van der Waals surface area contributed by atoms with E-state index in [2.05, 4.69) is 22.0 Å². The van der Waals surface area contributed by atoms with Crippen LogP contribution in [0.15, 0.2) is 70.9 Å². The molecule has 33 heavy (non-hydrogen) atoms. The fourth-order valence-corrected chi connectivity index (χ4v) is 5.94. The van der Waals surface area contributed by atoms with Gasteiger partial charge in [-0.05, 0) is 42.7 Å². The predicted molar refractivity (Wildman–Crippen MR) is 127 cm³/mol. The Morgan fingerprint density at radius 3 is 2.52 bits per heavy atom. The molecule has 0 bridgehead atoms. The SMILES string of the molecule is C=C1N=C(Cc2ccc(Cc3nc(-c4cccc(Cl)c4)nc4c3S(=O)(=O)CCC4)cc2)NO1. The number of aromatic nitrogens is 2. The first-order valence-corrected chi connectivity index (χ1v) is 12.6. The molecule has 0 saturated heterocycles. The van der Waals surface area contributed by atoms with Gasteiger partial charge >= 0.3 is 0 Å². The molecule has 2 aliphatic rings. The van der Waals surface area contributed by atoms with E-state index < -0.39 is 9.84 Å². The molecular formula is C24H21ClN4O3S. The van der Waals surface area contributed by atoms with Crippen molar-refractivity contribution in [3.63, 3.8) is 0 Å². The van der Waals surface area contributed by atoms with Gasteiger partial charge in [0, 0.05) is 23.4 Å². The van der Waals surface area contributed by atoms with Gasteiger partial charge in [-0.1, -0.05) is 48.0 Å². The monoisotopic (exact) mass is 480 g/mol. The minimum absolute atomic E-state index is 0.119. The van der Waals surface area contributed by atoms with Crippen LogP contribution >= 0.6 is 11.6 Å². The van der Waals surface area contributed by atoms with Crippen LogP contribution in [0.2, 0.25) is 5.02 Å². The summed E-state index contributed by atoms with van der Waals surface area (Å²) in [7, 11) is -3.43. The van der Waals surface area contributed by atoms with Crippen molar-refractivity contribution in [3.05, 3.63) is 88.5 Å². The fourth-order valence-electron chi connectivity index (χ4n) is 4.04. The minimum Gasteiger partial charge on any atom is -0.361 e. The molecule has 0 saturated carbocycles. The summed E-state index contributed by atoms with van der Waals surface area (Å²) in [5.74, 6) is 1.64.